The molecule has 1 amide bonds. The lowest BCUT2D eigenvalue weighted by molar-refractivity contribution is -0.132. The third-order valence-corrected chi connectivity index (χ3v) is 3.26. The summed E-state index contributed by atoms with van der Waals surface area (Å²) in [5.74, 6) is -1.89. The molecule has 0 radical (unpaired) electrons. The van der Waals surface area contributed by atoms with Gasteiger partial charge in [0, 0.05) is 5.56 Å². The maximum absolute atomic E-state index is 12.5. The van der Waals surface area contributed by atoms with Crippen LogP contribution in [0.25, 0.3) is 0 Å². The van der Waals surface area contributed by atoms with E-state index in [4.69, 9.17) is 10.8 Å². The minimum Gasteiger partial charge on any atom is -0.478 e. The van der Waals surface area contributed by atoms with Crippen LogP contribution < -0.4 is 5.73 Å². The fourth-order valence-corrected chi connectivity index (χ4v) is 2.13. The number of carbonyl (C=O) groups excluding carboxylic acids is 1. The lowest BCUT2D eigenvalue weighted by Gasteiger charge is -1.99. The molecule has 1 aromatic rings. The maximum Gasteiger partial charge on any atom is 0.336 e. The molecule has 0 atom stereocenters. The van der Waals surface area contributed by atoms with Crippen LogP contribution in [0.2, 0.25) is 0 Å². The third-order valence-electron chi connectivity index (χ3n) is 3.26. The van der Waals surface area contributed by atoms with Gasteiger partial charge in [-0.3, -0.25) is 4.79 Å². The highest BCUT2D eigenvalue weighted by atomic mass is 19.1. The lowest BCUT2D eigenvalue weighted by atomic mass is 10.1. The smallest absolute Gasteiger partial charge is 0.336 e. The van der Waals surface area contributed by atoms with Crippen LogP contribution in [-0.2, 0) is 4.79 Å². The van der Waals surface area contributed by atoms with E-state index < -0.39 is 17.7 Å². The molecule has 0 heterocycles. The van der Waals surface area contributed by atoms with Gasteiger partial charge in [0.25, 0.3) is 0 Å². The Kier molecular flexibility index (Phi) is 4.36. The number of amides is 1. The van der Waals surface area contributed by atoms with Gasteiger partial charge < -0.3 is 10.8 Å². The van der Waals surface area contributed by atoms with Crippen LogP contribution in [0.1, 0.15) is 15.9 Å². The number of allylic oxidation sites excluding steroid dienone is 6. The third kappa shape index (κ3) is 3.20. The average molecular weight is 299 g/mol. The summed E-state index contributed by atoms with van der Waals surface area (Å²) < 4.78 is 12.5. The number of carboxylic acid groups (broad SMARTS) is 1. The van der Waals surface area contributed by atoms with Gasteiger partial charge in [0.05, 0.1) is 5.57 Å². The molecule has 0 saturated heterocycles. The average Bonchev–Trinajstić information content (AvgIpc) is 3.04. The summed E-state index contributed by atoms with van der Waals surface area (Å²) in [5, 5.41) is 8.69. The first-order valence-electron chi connectivity index (χ1n) is 6.50. The summed E-state index contributed by atoms with van der Waals surface area (Å²) in [5.41, 5.74) is 8.14. The Balaban J connectivity index is 0.000000160. The Bertz CT molecular complexity index is 770. The van der Waals surface area contributed by atoms with Gasteiger partial charge in [-0.25, -0.2) is 9.18 Å². The number of primary amides is 1. The fraction of sp³-hybridized carbons (Fsp3) is 0.0588. The number of fused-ring (bicyclic) bond motifs is 1. The molecule has 0 bridgehead atoms. The molecule has 22 heavy (non-hydrogen) atoms. The van der Waals surface area contributed by atoms with Gasteiger partial charge in [-0.2, -0.15) is 0 Å². The zero-order valence-electron chi connectivity index (χ0n) is 11.8. The highest BCUT2D eigenvalue weighted by Crippen LogP contribution is 2.30. The number of hydrogen-bond donors (Lipinski definition) is 2. The first-order valence-corrected chi connectivity index (χ1v) is 6.50. The molecule has 1 aromatic carbocycles. The van der Waals surface area contributed by atoms with E-state index in [1.165, 1.54) is 12.1 Å². The molecule has 112 valence electrons. The zero-order chi connectivity index (χ0) is 16.3. The van der Waals surface area contributed by atoms with Crippen molar-refractivity contribution >= 4 is 11.9 Å². The normalized spacial score (nSPS) is 14.4. The van der Waals surface area contributed by atoms with Crippen LogP contribution >= 0.6 is 0 Å². The van der Waals surface area contributed by atoms with Crippen LogP contribution in [-0.4, -0.2) is 17.0 Å². The summed E-state index contributed by atoms with van der Waals surface area (Å²) in [7, 11) is 0. The number of hydrogen-bond acceptors (Lipinski definition) is 2. The number of nitrogens with two attached hydrogens (primary N) is 1. The molecule has 0 aromatic heterocycles. The van der Waals surface area contributed by atoms with E-state index in [1.54, 1.807) is 13.0 Å². The Morgan fingerprint density at radius 3 is 2.50 bits per heavy atom. The molecular weight excluding hydrogens is 285 g/mol. The quantitative estimate of drug-likeness (QED) is 0.881. The second-order valence-electron chi connectivity index (χ2n) is 4.77. The molecule has 0 fully saturated rings. The monoisotopic (exact) mass is 299 g/mol. The minimum absolute atomic E-state index is 0.241. The number of halogens is 1. The number of carbonyl (C=O) groups is 2. The van der Waals surface area contributed by atoms with Crippen molar-refractivity contribution in [3.63, 3.8) is 0 Å². The van der Waals surface area contributed by atoms with Crippen LogP contribution in [0.3, 0.4) is 0 Å². The molecule has 2 aliphatic carbocycles. The van der Waals surface area contributed by atoms with Crippen LogP contribution in [0.15, 0.2) is 65.3 Å². The van der Waals surface area contributed by atoms with Gasteiger partial charge in [-0.1, -0.05) is 30.4 Å². The largest absolute Gasteiger partial charge is 0.478 e. The molecule has 0 unspecified atom stereocenters. The van der Waals surface area contributed by atoms with Crippen molar-refractivity contribution in [3.8, 4) is 0 Å². The molecule has 3 rings (SSSR count). The predicted octanol–water partition coefficient (Wildman–Crippen LogP) is 2.67. The van der Waals surface area contributed by atoms with E-state index in [0.29, 0.717) is 11.1 Å². The Labute approximate surface area is 126 Å². The lowest BCUT2D eigenvalue weighted by Crippen LogP contribution is -2.12. The minimum atomic E-state index is -0.855. The predicted molar refractivity (Wildman–Crippen MR) is 80.7 cm³/mol. The highest BCUT2D eigenvalue weighted by molar-refractivity contribution is 5.97. The standard InChI is InChI=1S/C9H6O2.C8H8FNO/c10-9(11)8-5-4-6-2-1-3-7(6)8;1-5-2-3-6(9)4-7(5)8(10)11/h1-5H,(H,10,11);2-4H,1H3,(H2,10,11). The van der Waals surface area contributed by atoms with Crippen molar-refractivity contribution in [1.29, 1.82) is 0 Å². The van der Waals surface area contributed by atoms with E-state index in [9.17, 15) is 14.0 Å². The van der Waals surface area contributed by atoms with Gasteiger partial charge in [0.15, 0.2) is 0 Å². The number of aliphatic carboxylic acids is 1. The summed E-state index contributed by atoms with van der Waals surface area (Å²) in [6.07, 6.45) is 9.03. The topological polar surface area (TPSA) is 80.4 Å². The van der Waals surface area contributed by atoms with Crippen molar-refractivity contribution in [2.45, 2.75) is 6.92 Å². The first-order chi connectivity index (χ1) is 10.4. The molecule has 5 heteroatoms. The van der Waals surface area contributed by atoms with E-state index in [-0.39, 0.29) is 5.56 Å². The fourth-order valence-electron chi connectivity index (χ4n) is 2.13. The Hall–Kier alpha value is -2.95. The Morgan fingerprint density at radius 1 is 1.18 bits per heavy atom. The van der Waals surface area contributed by atoms with E-state index in [2.05, 4.69) is 0 Å². The van der Waals surface area contributed by atoms with Gasteiger partial charge in [-0.05, 0) is 41.8 Å². The van der Waals surface area contributed by atoms with Crippen molar-refractivity contribution in [1.82, 2.24) is 0 Å². The highest BCUT2D eigenvalue weighted by Gasteiger charge is 2.20. The molecule has 0 spiro atoms. The van der Waals surface area contributed by atoms with Crippen molar-refractivity contribution in [2.24, 2.45) is 5.73 Å². The SMILES string of the molecule is Cc1ccc(F)cc1C(N)=O.O=C(O)C1=CC=C2C=CC=C21. The Morgan fingerprint density at radius 2 is 1.91 bits per heavy atom. The van der Waals surface area contributed by atoms with Gasteiger partial charge >= 0.3 is 5.97 Å². The van der Waals surface area contributed by atoms with Crippen LogP contribution in [0, 0.1) is 12.7 Å². The van der Waals surface area contributed by atoms with Crippen molar-refractivity contribution in [2.75, 3.05) is 0 Å². The number of benzene rings is 1. The van der Waals surface area contributed by atoms with Gasteiger partial charge in [0.2, 0.25) is 5.91 Å². The number of carboxylic acids is 1. The molecule has 0 saturated carbocycles. The second kappa shape index (κ2) is 6.22. The second-order valence-corrected chi connectivity index (χ2v) is 4.77. The van der Waals surface area contributed by atoms with Crippen molar-refractivity contribution < 1.29 is 19.1 Å². The zero-order valence-corrected chi connectivity index (χ0v) is 11.8. The summed E-state index contributed by atoms with van der Waals surface area (Å²) in [4.78, 5) is 21.2. The van der Waals surface area contributed by atoms with Gasteiger partial charge in [-0.15, -0.1) is 0 Å². The summed E-state index contributed by atoms with van der Waals surface area (Å²) in [6, 6.07) is 3.95. The molecular formula is C17H14FNO3. The van der Waals surface area contributed by atoms with E-state index in [0.717, 1.165) is 17.2 Å². The summed E-state index contributed by atoms with van der Waals surface area (Å²) in [6.45, 7) is 1.71. The van der Waals surface area contributed by atoms with E-state index in [1.807, 2.05) is 24.3 Å². The number of rotatable bonds is 2. The van der Waals surface area contributed by atoms with Crippen LogP contribution in [0.5, 0.6) is 0 Å². The molecule has 2 aliphatic rings. The van der Waals surface area contributed by atoms with Crippen LogP contribution in [0.4, 0.5) is 4.39 Å². The van der Waals surface area contributed by atoms with E-state index >= 15 is 0 Å². The summed E-state index contributed by atoms with van der Waals surface area (Å²) >= 11 is 0. The first kappa shape index (κ1) is 15.4. The van der Waals surface area contributed by atoms with Crippen molar-refractivity contribution in [3.05, 3.63) is 82.2 Å². The molecule has 3 N–H and O–H groups in total. The number of aryl methyl sites for hydroxylation is 1. The maximum atomic E-state index is 12.5. The molecule has 4 nitrogen and oxygen atoms in total. The molecule has 0 aliphatic heterocycles. The van der Waals surface area contributed by atoms with Gasteiger partial charge in [0.1, 0.15) is 5.82 Å².